The molecule has 9 heteroatoms. The highest BCUT2D eigenvalue weighted by atomic mass is 16.5. The molecule has 0 amide bonds. The van der Waals surface area contributed by atoms with Crippen molar-refractivity contribution in [3.63, 3.8) is 0 Å². The lowest BCUT2D eigenvalue weighted by Crippen LogP contribution is -2.40. The van der Waals surface area contributed by atoms with Crippen molar-refractivity contribution in [3.8, 4) is 17.3 Å². The first-order valence-electron chi connectivity index (χ1n) is 11.9. The third-order valence-corrected chi connectivity index (χ3v) is 6.08. The number of fused-ring (bicyclic) bond motifs is 1. The molecule has 2 N–H and O–H groups in total. The first kappa shape index (κ1) is 24.3. The normalized spacial score (nSPS) is 16.7. The average Bonchev–Trinajstić information content (AvgIpc) is 3.33. The summed E-state index contributed by atoms with van der Waals surface area (Å²) in [5.41, 5.74) is 2.83. The monoisotopic (exact) mass is 493 g/mol. The molecule has 1 aliphatic heterocycles. The molecule has 9 nitrogen and oxygen atoms in total. The average molecular weight is 494 g/mol. The molecule has 0 spiro atoms. The fraction of sp³-hybridized carbons (Fsp3) is 0.250. The van der Waals surface area contributed by atoms with Crippen LogP contribution in [0.2, 0.25) is 0 Å². The number of aliphatic hydroxyl groups is 1. The van der Waals surface area contributed by atoms with Crippen molar-refractivity contribution >= 4 is 11.9 Å². The van der Waals surface area contributed by atoms with E-state index >= 15 is 0 Å². The lowest BCUT2D eigenvalue weighted by molar-refractivity contribution is -0.0969. The van der Waals surface area contributed by atoms with E-state index in [0.717, 1.165) is 28.1 Å². The van der Waals surface area contributed by atoms with Gasteiger partial charge in [0.2, 0.25) is 0 Å². The molecular weight excluding hydrogens is 466 g/mol. The van der Waals surface area contributed by atoms with Crippen LogP contribution in [0, 0.1) is 11.3 Å². The fourth-order valence-corrected chi connectivity index (χ4v) is 4.21. The molecule has 0 aliphatic carbocycles. The van der Waals surface area contributed by atoms with E-state index in [2.05, 4.69) is 31.4 Å². The zero-order valence-corrected chi connectivity index (χ0v) is 20.7. The molecule has 1 unspecified atom stereocenters. The number of rotatable bonds is 8. The van der Waals surface area contributed by atoms with E-state index < -0.39 is 11.2 Å². The summed E-state index contributed by atoms with van der Waals surface area (Å²) in [6.45, 7) is 4.32. The maximum atomic E-state index is 10.4. The molecule has 4 aromatic rings. The van der Waals surface area contributed by atoms with Gasteiger partial charge in [-0.05, 0) is 55.8 Å². The van der Waals surface area contributed by atoms with Crippen LogP contribution < -0.4 is 5.32 Å². The Hall–Kier alpha value is -4.39. The summed E-state index contributed by atoms with van der Waals surface area (Å²) in [5, 5.41) is 27.7. The van der Waals surface area contributed by atoms with Crippen LogP contribution >= 0.6 is 0 Å². The number of nitrogens with one attached hydrogen (secondary N) is 1. The first-order chi connectivity index (χ1) is 17.9. The van der Waals surface area contributed by atoms with Crippen LogP contribution in [0.5, 0.6) is 0 Å². The van der Waals surface area contributed by atoms with Crippen LogP contribution in [-0.4, -0.2) is 42.0 Å². The summed E-state index contributed by atoms with van der Waals surface area (Å²) < 4.78 is 8.15. The van der Waals surface area contributed by atoms with E-state index in [1.807, 2.05) is 54.7 Å². The summed E-state index contributed by atoms with van der Waals surface area (Å²) >= 11 is 0. The van der Waals surface area contributed by atoms with Gasteiger partial charge in [0.25, 0.3) is 0 Å². The molecule has 0 fully saturated rings. The van der Waals surface area contributed by atoms with Gasteiger partial charge in [-0.3, -0.25) is 14.6 Å². The maximum Gasteiger partial charge on any atom is 0.135 e. The van der Waals surface area contributed by atoms with Crippen LogP contribution in [0.1, 0.15) is 36.2 Å². The summed E-state index contributed by atoms with van der Waals surface area (Å²) in [4.78, 5) is 13.3. The van der Waals surface area contributed by atoms with Gasteiger partial charge in [-0.25, -0.2) is 4.98 Å². The molecule has 0 aromatic carbocycles. The van der Waals surface area contributed by atoms with E-state index in [9.17, 15) is 10.4 Å². The van der Waals surface area contributed by atoms with Crippen LogP contribution in [0.15, 0.2) is 73.5 Å². The van der Waals surface area contributed by atoms with Gasteiger partial charge in [-0.1, -0.05) is 12.1 Å². The highest BCUT2D eigenvalue weighted by molar-refractivity contribution is 5.60. The van der Waals surface area contributed by atoms with E-state index in [0.29, 0.717) is 24.5 Å². The number of hydrogen-bond acceptors (Lipinski definition) is 8. The number of pyridine rings is 3. The minimum atomic E-state index is -1.04. The van der Waals surface area contributed by atoms with Crippen molar-refractivity contribution in [2.24, 2.45) is 0 Å². The van der Waals surface area contributed by atoms with Gasteiger partial charge in [0.1, 0.15) is 17.5 Å². The van der Waals surface area contributed by atoms with Crippen LogP contribution in [0.4, 0.5) is 5.82 Å². The van der Waals surface area contributed by atoms with Crippen molar-refractivity contribution in [2.75, 3.05) is 11.9 Å². The van der Waals surface area contributed by atoms with Gasteiger partial charge in [0.15, 0.2) is 0 Å². The second-order valence-corrected chi connectivity index (χ2v) is 9.58. The Balaban J connectivity index is 1.42. The van der Waals surface area contributed by atoms with E-state index in [1.165, 1.54) is 0 Å². The number of nitriles is 1. The fourth-order valence-electron chi connectivity index (χ4n) is 4.21. The second kappa shape index (κ2) is 9.93. The molecule has 1 atom stereocenters. The summed E-state index contributed by atoms with van der Waals surface area (Å²) in [6, 6.07) is 13.8. The Bertz CT molecular complexity index is 1450. The topological polar surface area (TPSA) is 122 Å². The highest BCUT2D eigenvalue weighted by Gasteiger charge is 2.39. The van der Waals surface area contributed by atoms with Crippen LogP contribution in [0.3, 0.4) is 0 Å². The number of hydrogen-bond donors (Lipinski definition) is 2. The Morgan fingerprint density at radius 2 is 2.00 bits per heavy atom. The largest absolute Gasteiger partial charge is 0.388 e. The Morgan fingerprint density at radius 3 is 2.73 bits per heavy atom. The summed E-state index contributed by atoms with van der Waals surface area (Å²) in [5.74, 6) is 0.648. The number of ether oxygens (including phenoxy) is 1. The SMILES string of the molecule is CC(C)(O)COC1(c2cccnc2NCc2ccc(-c3cccnc3)nc2)C=Cc2c(C#N)cnn2C1. The van der Waals surface area contributed by atoms with Crippen molar-refractivity contribution in [2.45, 2.75) is 38.1 Å². The molecule has 0 saturated carbocycles. The molecule has 4 aromatic heterocycles. The standard InChI is InChI=1S/C28H27N7O2/c1-27(2,36)19-37-28(10-9-25-22(13-29)17-34-35(25)18-28)23-6-4-12-31-26(23)33-15-20-7-8-24(32-14-20)21-5-3-11-30-16-21/h3-12,14,16-17,36H,15,18-19H2,1-2H3,(H,31,33). The van der Waals surface area contributed by atoms with Gasteiger partial charge >= 0.3 is 0 Å². The van der Waals surface area contributed by atoms with Crippen LogP contribution in [0.25, 0.3) is 17.3 Å². The van der Waals surface area contributed by atoms with Crippen molar-refractivity contribution in [3.05, 3.63) is 95.8 Å². The molecule has 1 aliphatic rings. The molecule has 186 valence electrons. The molecule has 0 radical (unpaired) electrons. The van der Waals surface area contributed by atoms with E-state index in [1.54, 1.807) is 43.3 Å². The van der Waals surface area contributed by atoms with Gasteiger partial charge in [0.05, 0.1) is 41.9 Å². The van der Waals surface area contributed by atoms with Gasteiger partial charge < -0.3 is 15.2 Å². The van der Waals surface area contributed by atoms with Crippen molar-refractivity contribution in [1.82, 2.24) is 24.7 Å². The molecule has 0 saturated heterocycles. The first-order valence-corrected chi connectivity index (χ1v) is 11.9. The number of anilines is 1. The second-order valence-electron chi connectivity index (χ2n) is 9.58. The van der Waals surface area contributed by atoms with Gasteiger partial charge in [0, 0.05) is 42.5 Å². The Morgan fingerprint density at radius 1 is 1.14 bits per heavy atom. The van der Waals surface area contributed by atoms with Gasteiger partial charge in [-0.2, -0.15) is 10.4 Å². The predicted octanol–water partition coefficient (Wildman–Crippen LogP) is 3.93. The zero-order chi connectivity index (χ0) is 25.9. The van der Waals surface area contributed by atoms with Crippen molar-refractivity contribution in [1.29, 1.82) is 5.26 Å². The molecule has 5 rings (SSSR count). The van der Waals surface area contributed by atoms with E-state index in [4.69, 9.17) is 4.74 Å². The molecule has 5 heterocycles. The van der Waals surface area contributed by atoms with Crippen molar-refractivity contribution < 1.29 is 9.84 Å². The van der Waals surface area contributed by atoms with E-state index in [-0.39, 0.29) is 6.61 Å². The quantitative estimate of drug-likeness (QED) is 0.379. The Kier molecular flexibility index (Phi) is 6.53. The minimum Gasteiger partial charge on any atom is -0.388 e. The number of aromatic nitrogens is 5. The highest BCUT2D eigenvalue weighted by Crippen LogP contribution is 2.38. The zero-order valence-electron chi connectivity index (χ0n) is 20.7. The third-order valence-electron chi connectivity index (χ3n) is 6.08. The maximum absolute atomic E-state index is 10.4. The minimum absolute atomic E-state index is 0.0904. The summed E-state index contributed by atoms with van der Waals surface area (Å²) in [7, 11) is 0. The molecule has 0 bridgehead atoms. The number of nitrogens with zero attached hydrogens (tertiary/aromatic N) is 6. The molecular formula is C28H27N7O2. The lowest BCUT2D eigenvalue weighted by Gasteiger charge is -2.37. The molecule has 37 heavy (non-hydrogen) atoms. The lowest BCUT2D eigenvalue weighted by atomic mass is 9.90. The third kappa shape index (κ3) is 5.26. The van der Waals surface area contributed by atoms with Gasteiger partial charge in [-0.15, -0.1) is 0 Å². The Labute approximate surface area is 215 Å². The van der Waals surface area contributed by atoms with Crippen LogP contribution in [-0.2, 0) is 23.4 Å². The predicted molar refractivity (Wildman–Crippen MR) is 139 cm³/mol. The smallest absolute Gasteiger partial charge is 0.135 e. The summed E-state index contributed by atoms with van der Waals surface area (Å²) in [6.07, 6.45) is 12.4.